The molecule has 0 saturated carbocycles. The predicted molar refractivity (Wildman–Crippen MR) is 57.3 cm³/mol. The zero-order valence-electron chi connectivity index (χ0n) is 9.41. The molecule has 0 aliphatic heterocycles. The van der Waals surface area contributed by atoms with E-state index < -0.39 is 0 Å². The van der Waals surface area contributed by atoms with Gasteiger partial charge in [0.2, 0.25) is 0 Å². The third-order valence-corrected chi connectivity index (χ3v) is 3.01. The first-order valence-electron chi connectivity index (χ1n) is 4.97. The van der Waals surface area contributed by atoms with Crippen LogP contribution in [0.4, 0.5) is 0 Å². The van der Waals surface area contributed by atoms with Crippen LogP contribution in [0.2, 0.25) is 0 Å². The van der Waals surface area contributed by atoms with Crippen LogP contribution in [0.5, 0.6) is 0 Å². The van der Waals surface area contributed by atoms with Crippen molar-refractivity contribution in [1.29, 1.82) is 0 Å². The van der Waals surface area contributed by atoms with Gasteiger partial charge in [0.1, 0.15) is 0 Å². The topological polar surface area (TPSA) is 55.9 Å². The van der Waals surface area contributed by atoms with Crippen LogP contribution < -0.4 is 11.3 Å². The van der Waals surface area contributed by atoms with Crippen molar-refractivity contribution in [1.82, 2.24) is 15.2 Å². The molecule has 4 heteroatoms. The van der Waals surface area contributed by atoms with Crippen molar-refractivity contribution in [3.05, 3.63) is 18.0 Å². The number of nitrogens with zero attached hydrogens (tertiary/aromatic N) is 2. The van der Waals surface area contributed by atoms with Crippen molar-refractivity contribution in [2.24, 2.45) is 18.3 Å². The fourth-order valence-corrected chi connectivity index (χ4v) is 1.58. The summed E-state index contributed by atoms with van der Waals surface area (Å²) in [6.07, 6.45) is 2.86. The predicted octanol–water partition coefficient (Wildman–Crippen LogP) is 1.36. The average Bonchev–Trinajstić information content (AvgIpc) is 2.53. The van der Waals surface area contributed by atoms with Crippen LogP contribution >= 0.6 is 0 Å². The van der Waals surface area contributed by atoms with Gasteiger partial charge in [-0.05, 0) is 17.9 Å². The highest BCUT2D eigenvalue weighted by atomic mass is 15.3. The van der Waals surface area contributed by atoms with Crippen LogP contribution in [0.25, 0.3) is 0 Å². The minimum Gasteiger partial charge on any atom is -0.271 e. The van der Waals surface area contributed by atoms with E-state index in [1.807, 2.05) is 17.8 Å². The molecule has 1 aromatic rings. The molecule has 0 bridgehead atoms. The van der Waals surface area contributed by atoms with E-state index in [4.69, 9.17) is 5.84 Å². The zero-order chi connectivity index (χ0) is 10.8. The van der Waals surface area contributed by atoms with Gasteiger partial charge < -0.3 is 0 Å². The van der Waals surface area contributed by atoms with Gasteiger partial charge in [0, 0.05) is 13.2 Å². The molecular weight excluding hydrogens is 176 g/mol. The Kier molecular flexibility index (Phi) is 3.29. The first-order chi connectivity index (χ1) is 6.53. The van der Waals surface area contributed by atoms with Crippen molar-refractivity contribution in [2.75, 3.05) is 0 Å². The van der Waals surface area contributed by atoms with E-state index in [0.29, 0.717) is 0 Å². The van der Waals surface area contributed by atoms with Crippen LogP contribution in [0.3, 0.4) is 0 Å². The Balaban J connectivity index is 2.99. The van der Waals surface area contributed by atoms with Gasteiger partial charge >= 0.3 is 0 Å². The number of rotatable bonds is 4. The average molecular weight is 196 g/mol. The van der Waals surface area contributed by atoms with Crippen molar-refractivity contribution < 1.29 is 0 Å². The largest absolute Gasteiger partial charge is 0.271 e. The van der Waals surface area contributed by atoms with Crippen LogP contribution in [0.1, 0.15) is 38.9 Å². The van der Waals surface area contributed by atoms with Gasteiger partial charge in [-0.3, -0.25) is 16.0 Å². The van der Waals surface area contributed by atoms with Gasteiger partial charge in [-0.1, -0.05) is 20.8 Å². The van der Waals surface area contributed by atoms with Crippen LogP contribution in [-0.4, -0.2) is 9.78 Å². The van der Waals surface area contributed by atoms with Gasteiger partial charge in [0.15, 0.2) is 0 Å². The van der Waals surface area contributed by atoms with Crippen molar-refractivity contribution in [3.8, 4) is 0 Å². The summed E-state index contributed by atoms with van der Waals surface area (Å²) in [5.74, 6) is 5.60. The molecule has 4 nitrogen and oxygen atoms in total. The lowest BCUT2D eigenvalue weighted by Gasteiger charge is -2.32. The van der Waals surface area contributed by atoms with E-state index >= 15 is 0 Å². The quantitative estimate of drug-likeness (QED) is 0.564. The second-order valence-corrected chi connectivity index (χ2v) is 4.32. The molecule has 3 N–H and O–H groups in total. The number of nitrogens with one attached hydrogen (secondary N) is 1. The highest BCUT2D eigenvalue weighted by Crippen LogP contribution is 2.35. The lowest BCUT2D eigenvalue weighted by atomic mass is 9.80. The molecule has 1 heterocycles. The molecule has 0 saturated heterocycles. The SMILES string of the molecule is CCC(C)(C)C(NN)c1ccnn1C. The molecule has 0 aromatic carbocycles. The summed E-state index contributed by atoms with van der Waals surface area (Å²) >= 11 is 0. The standard InChI is InChI=1S/C10H20N4/c1-5-10(2,3)9(13-11)8-6-7-12-14(8)4/h6-7,9,13H,5,11H2,1-4H3. The number of hydrazine groups is 1. The highest BCUT2D eigenvalue weighted by molar-refractivity contribution is 5.09. The number of hydrogen-bond acceptors (Lipinski definition) is 3. The lowest BCUT2D eigenvalue weighted by Crippen LogP contribution is -2.39. The molecule has 1 aromatic heterocycles. The Hall–Kier alpha value is -0.870. The van der Waals surface area contributed by atoms with Crippen LogP contribution in [0, 0.1) is 5.41 Å². The molecular formula is C10H20N4. The Morgan fingerprint density at radius 1 is 1.64 bits per heavy atom. The number of aromatic nitrogens is 2. The summed E-state index contributed by atoms with van der Waals surface area (Å²) in [5, 5.41) is 4.15. The Bertz CT molecular complexity index is 290. The fraction of sp³-hybridized carbons (Fsp3) is 0.700. The van der Waals surface area contributed by atoms with E-state index in [1.54, 1.807) is 6.20 Å². The normalized spacial score (nSPS) is 14.4. The molecule has 0 aliphatic rings. The van der Waals surface area contributed by atoms with Gasteiger partial charge in [-0.2, -0.15) is 5.10 Å². The molecule has 0 fully saturated rings. The van der Waals surface area contributed by atoms with E-state index in [0.717, 1.165) is 12.1 Å². The molecule has 80 valence electrons. The first-order valence-corrected chi connectivity index (χ1v) is 4.97. The van der Waals surface area contributed by atoms with E-state index in [-0.39, 0.29) is 11.5 Å². The molecule has 14 heavy (non-hydrogen) atoms. The van der Waals surface area contributed by atoms with E-state index in [1.165, 1.54) is 0 Å². The van der Waals surface area contributed by atoms with Gasteiger partial charge in [-0.15, -0.1) is 0 Å². The van der Waals surface area contributed by atoms with E-state index in [2.05, 4.69) is 31.3 Å². The Labute approximate surface area is 85.5 Å². The highest BCUT2D eigenvalue weighted by Gasteiger charge is 2.29. The molecule has 0 radical (unpaired) electrons. The van der Waals surface area contributed by atoms with E-state index in [9.17, 15) is 0 Å². The Morgan fingerprint density at radius 3 is 2.64 bits per heavy atom. The van der Waals surface area contributed by atoms with Gasteiger partial charge in [-0.25, -0.2) is 0 Å². The number of nitrogens with two attached hydrogens (primary N) is 1. The summed E-state index contributed by atoms with van der Waals surface area (Å²) in [5.41, 5.74) is 4.13. The summed E-state index contributed by atoms with van der Waals surface area (Å²) in [7, 11) is 1.94. The van der Waals surface area contributed by atoms with Crippen LogP contribution in [0.15, 0.2) is 12.3 Å². The zero-order valence-corrected chi connectivity index (χ0v) is 9.41. The third kappa shape index (κ3) is 1.96. The maximum absolute atomic E-state index is 5.60. The molecule has 1 rings (SSSR count). The smallest absolute Gasteiger partial charge is 0.0679 e. The summed E-state index contributed by atoms with van der Waals surface area (Å²) in [6, 6.07) is 2.14. The molecule has 1 atom stereocenters. The monoisotopic (exact) mass is 196 g/mol. The van der Waals surface area contributed by atoms with Gasteiger partial charge in [0.05, 0.1) is 11.7 Å². The first kappa shape index (κ1) is 11.2. The maximum Gasteiger partial charge on any atom is 0.0679 e. The summed E-state index contributed by atoms with van der Waals surface area (Å²) < 4.78 is 1.86. The molecule has 0 aliphatic carbocycles. The summed E-state index contributed by atoms with van der Waals surface area (Å²) in [6.45, 7) is 6.57. The Morgan fingerprint density at radius 2 is 2.29 bits per heavy atom. The number of aryl methyl sites for hydroxylation is 1. The second-order valence-electron chi connectivity index (χ2n) is 4.32. The summed E-state index contributed by atoms with van der Waals surface area (Å²) in [4.78, 5) is 0. The second kappa shape index (κ2) is 4.11. The van der Waals surface area contributed by atoms with Crippen molar-refractivity contribution >= 4 is 0 Å². The lowest BCUT2D eigenvalue weighted by molar-refractivity contribution is 0.226. The molecule has 1 unspecified atom stereocenters. The number of hydrogen-bond donors (Lipinski definition) is 2. The van der Waals surface area contributed by atoms with Gasteiger partial charge in [0.25, 0.3) is 0 Å². The van der Waals surface area contributed by atoms with Crippen molar-refractivity contribution in [3.63, 3.8) is 0 Å². The molecule has 0 amide bonds. The minimum absolute atomic E-state index is 0.128. The van der Waals surface area contributed by atoms with Crippen LogP contribution in [-0.2, 0) is 7.05 Å². The minimum atomic E-state index is 0.128. The maximum atomic E-state index is 5.60. The van der Waals surface area contributed by atoms with Crippen molar-refractivity contribution in [2.45, 2.75) is 33.2 Å². The third-order valence-electron chi connectivity index (χ3n) is 3.01. The molecule has 0 spiro atoms. The fourth-order valence-electron chi connectivity index (χ4n) is 1.58.